The zero-order chi connectivity index (χ0) is 3.54. The second-order valence-electron chi connectivity index (χ2n) is 1.40. The maximum Gasteiger partial charge on any atom is 0.104 e. The number of rotatable bonds is 0. The topological polar surface area (TPSA) is 0 Å². The normalized spacial score (nSPS) is 16.0. The minimum absolute atomic E-state index is 1.32. The zero-order valence-corrected chi connectivity index (χ0v) is 3.28. The van der Waals surface area contributed by atoms with Crippen LogP contribution in [0.25, 0.3) is 0 Å². The van der Waals surface area contributed by atoms with Gasteiger partial charge in [-0.15, -0.1) is 12.0 Å². The van der Waals surface area contributed by atoms with Gasteiger partial charge < -0.3 is 0 Å². The molecule has 0 amide bonds. The average molecular weight is 61.5 g/mol. The third kappa shape index (κ3) is 0.605. The Balaban J connectivity index is 2.32. The Morgan fingerprint density at radius 3 is 1.80 bits per heavy atom. The molecule has 1 aliphatic heterocycles. The van der Waals surface area contributed by atoms with Crippen LogP contribution in [0.1, 0.15) is 0 Å². The van der Waals surface area contributed by atoms with Gasteiger partial charge in [-0.2, -0.15) is 0 Å². The van der Waals surface area contributed by atoms with Gasteiger partial charge in [0.25, 0.3) is 0 Å². The van der Waals surface area contributed by atoms with Crippen molar-refractivity contribution in [1.29, 1.82) is 0 Å². The van der Waals surface area contributed by atoms with Gasteiger partial charge in [-0.3, -0.25) is 0 Å². The summed E-state index contributed by atoms with van der Waals surface area (Å²) in [4.78, 5) is 0. The maximum atomic E-state index is 2.24. The van der Waals surface area contributed by atoms with Crippen LogP contribution in [0, 0.1) is 0 Å². The first-order valence-electron chi connectivity index (χ1n) is 2.15. The predicted octanol–water partition coefficient (Wildman–Crippen LogP) is -1.39. The lowest BCUT2D eigenvalue weighted by atomic mass is 9.25. The van der Waals surface area contributed by atoms with E-state index in [4.69, 9.17) is 0 Å². The Morgan fingerprint density at radius 1 is 1.00 bits per heavy atom. The first-order chi connectivity index (χ1) is 2.50. The molecule has 0 aromatic rings. The summed E-state index contributed by atoms with van der Waals surface area (Å²) in [5, 5.41) is 0. The van der Waals surface area contributed by atoms with E-state index >= 15 is 0 Å². The minimum atomic E-state index is 1.32. The van der Waals surface area contributed by atoms with E-state index in [1.807, 2.05) is 0 Å². The zero-order valence-electron chi connectivity index (χ0n) is 3.28. The third-order valence-corrected chi connectivity index (χ3v) is 0.908. The van der Waals surface area contributed by atoms with Gasteiger partial charge in [-0.1, -0.05) is 0 Å². The number of hydrogen-bond donors (Lipinski definition) is 0. The molecule has 0 aromatic carbocycles. The largest absolute Gasteiger partial charge is 0.142 e. The fraction of sp³-hybridized carbons (Fsp3) is 0. The third-order valence-electron chi connectivity index (χ3n) is 0.908. The fourth-order valence-corrected chi connectivity index (χ4v) is 0.589. The Kier molecular flexibility index (Phi) is 0.873. The van der Waals surface area contributed by atoms with Gasteiger partial charge >= 0.3 is 0 Å². The Hall–Kier alpha value is -0.0652. The molecule has 0 unspecified atom stereocenters. The summed E-state index contributed by atoms with van der Waals surface area (Å²) in [6.45, 7) is 0. The van der Waals surface area contributed by atoms with Gasteiger partial charge in [0.1, 0.15) is 14.3 Å². The van der Waals surface area contributed by atoms with Crippen LogP contribution in [0.3, 0.4) is 0 Å². The SMILES string of the molecule is B1BC=CB1. The Labute approximate surface area is 34.3 Å². The van der Waals surface area contributed by atoms with Crippen LogP contribution < -0.4 is 0 Å². The molecule has 5 heavy (non-hydrogen) atoms. The standard InChI is InChI=1S/C2H5B3/c1-2-4-5-3-1/h1-5H. The Morgan fingerprint density at radius 2 is 1.60 bits per heavy atom. The van der Waals surface area contributed by atoms with E-state index in [0.29, 0.717) is 0 Å². The van der Waals surface area contributed by atoms with Crippen molar-refractivity contribution in [3.05, 3.63) is 12.0 Å². The lowest BCUT2D eigenvalue weighted by Gasteiger charge is -1.58. The van der Waals surface area contributed by atoms with Crippen LogP contribution in [0.4, 0.5) is 0 Å². The van der Waals surface area contributed by atoms with Gasteiger partial charge in [0.05, 0.1) is 7.06 Å². The van der Waals surface area contributed by atoms with Crippen molar-refractivity contribution in [2.24, 2.45) is 0 Å². The summed E-state index contributed by atoms with van der Waals surface area (Å²) < 4.78 is 0. The highest BCUT2D eigenvalue weighted by Gasteiger charge is 1.92. The van der Waals surface area contributed by atoms with Crippen molar-refractivity contribution in [2.45, 2.75) is 0 Å². The van der Waals surface area contributed by atoms with Crippen molar-refractivity contribution in [3.63, 3.8) is 0 Å². The van der Waals surface area contributed by atoms with E-state index in [1.165, 1.54) is 21.4 Å². The van der Waals surface area contributed by atoms with E-state index in [0.717, 1.165) is 0 Å². The van der Waals surface area contributed by atoms with E-state index in [1.54, 1.807) is 0 Å². The predicted molar refractivity (Wildman–Crippen MR) is 30.6 cm³/mol. The van der Waals surface area contributed by atoms with Gasteiger partial charge in [0, 0.05) is 0 Å². The van der Waals surface area contributed by atoms with Crippen LogP contribution in [-0.2, 0) is 0 Å². The molecule has 0 radical (unpaired) electrons. The van der Waals surface area contributed by atoms with Gasteiger partial charge in [-0.05, 0) is 0 Å². The van der Waals surface area contributed by atoms with Crippen LogP contribution in [0.2, 0.25) is 0 Å². The lowest BCUT2D eigenvalue weighted by molar-refractivity contribution is 2.50. The smallest absolute Gasteiger partial charge is 0.104 e. The van der Waals surface area contributed by atoms with Crippen LogP contribution >= 0.6 is 0 Å². The molecule has 22 valence electrons. The molecule has 0 spiro atoms. The maximum absolute atomic E-state index is 2.24. The van der Waals surface area contributed by atoms with Crippen LogP contribution in [0.5, 0.6) is 0 Å². The van der Waals surface area contributed by atoms with Gasteiger partial charge in [0.2, 0.25) is 0 Å². The second kappa shape index (κ2) is 1.39. The van der Waals surface area contributed by atoms with Crippen molar-refractivity contribution < 1.29 is 0 Å². The average Bonchev–Trinajstić information content (AvgIpc) is 1.76. The molecule has 0 saturated heterocycles. The molecule has 3 heteroatoms. The molecular weight excluding hydrogens is 56.5 g/mol. The highest BCUT2D eigenvalue weighted by Crippen LogP contribution is 1.73. The molecule has 0 atom stereocenters. The quantitative estimate of drug-likeness (QED) is 0.303. The molecule has 1 rings (SSSR count). The molecule has 1 aliphatic rings. The van der Waals surface area contributed by atoms with Crippen molar-refractivity contribution in [1.82, 2.24) is 0 Å². The van der Waals surface area contributed by atoms with Crippen LogP contribution in [0.15, 0.2) is 12.0 Å². The summed E-state index contributed by atoms with van der Waals surface area (Å²) in [7, 11) is 4.03. The minimum Gasteiger partial charge on any atom is -0.142 e. The van der Waals surface area contributed by atoms with Gasteiger partial charge in [0.15, 0.2) is 0 Å². The van der Waals surface area contributed by atoms with Crippen molar-refractivity contribution >= 4 is 21.4 Å². The molecule has 0 fully saturated rings. The van der Waals surface area contributed by atoms with E-state index in [-0.39, 0.29) is 0 Å². The first-order valence-corrected chi connectivity index (χ1v) is 2.15. The first kappa shape index (κ1) is 3.14. The van der Waals surface area contributed by atoms with E-state index < -0.39 is 0 Å². The molecule has 0 saturated carbocycles. The van der Waals surface area contributed by atoms with Gasteiger partial charge in [-0.25, -0.2) is 0 Å². The summed E-state index contributed by atoms with van der Waals surface area (Å²) in [5.41, 5.74) is 0. The molecule has 0 bridgehead atoms. The van der Waals surface area contributed by atoms with E-state index in [2.05, 4.69) is 12.0 Å². The van der Waals surface area contributed by atoms with Crippen molar-refractivity contribution in [2.75, 3.05) is 0 Å². The molecular formula is C2H5B3. The molecule has 0 N–H and O–H groups in total. The molecule has 0 nitrogen and oxygen atoms in total. The fourth-order valence-electron chi connectivity index (χ4n) is 0.589. The summed E-state index contributed by atoms with van der Waals surface area (Å²) in [6, 6.07) is 0. The highest BCUT2D eigenvalue weighted by molar-refractivity contribution is 7.34. The molecule has 0 aromatic heterocycles. The van der Waals surface area contributed by atoms with Crippen LogP contribution in [-0.4, -0.2) is 21.4 Å². The lowest BCUT2D eigenvalue weighted by Crippen LogP contribution is -1.98. The second-order valence-corrected chi connectivity index (χ2v) is 1.40. The summed E-state index contributed by atoms with van der Waals surface area (Å²) in [5.74, 6) is 4.47. The monoisotopic (exact) mass is 62.1 g/mol. The highest BCUT2D eigenvalue weighted by atomic mass is 13.3. The summed E-state index contributed by atoms with van der Waals surface area (Å²) in [6.07, 6.45) is 0. The number of hydrogen-bond acceptors (Lipinski definition) is 0. The summed E-state index contributed by atoms with van der Waals surface area (Å²) >= 11 is 0. The molecule has 0 aliphatic carbocycles. The molecule has 1 heterocycles. The van der Waals surface area contributed by atoms with Crippen molar-refractivity contribution in [3.8, 4) is 0 Å². The van der Waals surface area contributed by atoms with E-state index in [9.17, 15) is 0 Å². The Bertz CT molecular complexity index is 42.9.